The molecule has 0 spiro atoms. The monoisotopic (exact) mass is 570 g/mol. The Morgan fingerprint density at radius 1 is 0.963 bits per heavy atom. The number of aromatic nitrogens is 1. The van der Waals surface area contributed by atoms with Crippen molar-refractivity contribution in [3.05, 3.63) is 74.1 Å². The van der Waals surface area contributed by atoms with Crippen LogP contribution in [0.1, 0.15) is 16.8 Å². The van der Waals surface area contributed by atoms with E-state index in [-0.39, 0.29) is 36.2 Å². The molecular weight excluding hydrogens is 566 g/mol. The molecule has 2 aromatic rings. The number of hydrogen-bond acceptors (Lipinski definition) is 0. The van der Waals surface area contributed by atoms with Crippen LogP contribution in [0.4, 0.5) is 21.8 Å². The second-order valence-corrected chi connectivity index (χ2v) is 8.51. The highest BCUT2D eigenvalue weighted by molar-refractivity contribution is 9.18. The number of allylic oxidation sites excluding steroid dienone is 2. The zero-order valence-electron chi connectivity index (χ0n) is 13.0. The van der Waals surface area contributed by atoms with E-state index >= 15 is 8.63 Å². The summed E-state index contributed by atoms with van der Waals surface area (Å²) in [7, 11) is 0. The van der Waals surface area contributed by atoms with E-state index in [0.717, 1.165) is 15.0 Å². The van der Waals surface area contributed by atoms with E-state index < -0.39 is 18.7 Å². The van der Waals surface area contributed by atoms with Crippen LogP contribution in [-0.4, -0.2) is 20.6 Å². The number of fused-ring (bicyclic) bond motifs is 2. The molecule has 0 atom stereocenters. The number of nitrogens with zero attached hydrogens (tertiary/aromatic N) is 2. The molecule has 0 fully saturated rings. The van der Waals surface area contributed by atoms with Gasteiger partial charge in [0.2, 0.25) is 4.62 Å². The third-order valence-corrected chi connectivity index (χ3v) is 6.21. The second-order valence-electron chi connectivity index (χ2n) is 5.97. The van der Waals surface area contributed by atoms with Gasteiger partial charge in [-0.15, -0.1) is 0 Å². The Morgan fingerprint density at radius 3 is 2.33 bits per heavy atom. The zero-order chi connectivity index (χ0) is 19.7. The molecule has 2 aliphatic rings. The van der Waals surface area contributed by atoms with Gasteiger partial charge in [0, 0.05) is 43.8 Å². The molecule has 1 aromatic carbocycles. The van der Waals surface area contributed by atoms with E-state index in [2.05, 4.69) is 47.8 Å². The molecule has 11 heteroatoms. The molecule has 140 valence electrons. The highest BCUT2D eigenvalue weighted by atomic mass is 79.9. The smallest absolute Gasteiger partial charge is 0.389 e. The van der Waals surface area contributed by atoms with Crippen LogP contribution >= 0.6 is 47.8 Å². The van der Waals surface area contributed by atoms with Crippen molar-refractivity contribution in [2.45, 2.75) is 6.18 Å². The van der Waals surface area contributed by atoms with Gasteiger partial charge >= 0.3 is 13.1 Å². The van der Waals surface area contributed by atoms with Gasteiger partial charge in [0.05, 0.1) is 15.7 Å². The van der Waals surface area contributed by atoms with Crippen molar-refractivity contribution in [1.82, 2.24) is 4.48 Å². The van der Waals surface area contributed by atoms with Gasteiger partial charge in [-0.25, -0.2) is 0 Å². The number of hydrogen-bond donors (Lipinski definition) is 0. The summed E-state index contributed by atoms with van der Waals surface area (Å²) < 4.78 is 73.2. The number of alkyl halides is 3. The van der Waals surface area contributed by atoms with Crippen molar-refractivity contribution in [2.24, 2.45) is 0 Å². The lowest BCUT2D eigenvalue weighted by atomic mass is 9.85. The summed E-state index contributed by atoms with van der Waals surface area (Å²) in [5.41, 5.74) is -0.970. The molecule has 0 saturated heterocycles. The summed E-state index contributed by atoms with van der Waals surface area (Å²) in [5.74, 6) is 0. The Labute approximate surface area is 175 Å². The maximum Gasteiger partial charge on any atom is 0.738 e. The van der Waals surface area contributed by atoms with E-state index in [9.17, 15) is 13.2 Å². The van der Waals surface area contributed by atoms with Gasteiger partial charge in [0.1, 0.15) is 0 Å². The minimum Gasteiger partial charge on any atom is -0.389 e. The lowest BCUT2D eigenvalue weighted by Crippen LogP contribution is -2.50. The van der Waals surface area contributed by atoms with Crippen molar-refractivity contribution < 1.29 is 26.3 Å². The molecule has 4 rings (SSSR count). The van der Waals surface area contributed by atoms with Crippen molar-refractivity contribution in [3.63, 3.8) is 0 Å². The van der Waals surface area contributed by atoms with Crippen molar-refractivity contribution in [3.8, 4) is 0 Å². The number of halogens is 8. The van der Waals surface area contributed by atoms with Gasteiger partial charge < -0.3 is 17.6 Å². The molecule has 0 saturated carbocycles. The average Bonchev–Trinajstić information content (AvgIpc) is 3.13. The molecule has 0 aliphatic carbocycles. The Hall–Kier alpha value is -1.20. The van der Waals surface area contributed by atoms with Crippen molar-refractivity contribution >= 4 is 65.0 Å². The molecule has 0 bridgehead atoms. The van der Waals surface area contributed by atoms with Crippen molar-refractivity contribution in [2.75, 3.05) is 0 Å². The van der Waals surface area contributed by atoms with Crippen molar-refractivity contribution in [1.29, 1.82) is 0 Å². The lowest BCUT2D eigenvalue weighted by Gasteiger charge is -2.32. The molecule has 0 radical (unpaired) electrons. The van der Waals surface area contributed by atoms with Crippen LogP contribution in [0.15, 0.2) is 57.3 Å². The first-order valence-electron chi connectivity index (χ1n) is 7.54. The molecular formula is C16H7BBr3F5N2. The molecule has 2 nitrogen and oxygen atoms in total. The van der Waals surface area contributed by atoms with Gasteiger partial charge in [0.25, 0.3) is 0 Å². The Kier molecular flexibility index (Phi) is 4.36. The van der Waals surface area contributed by atoms with Crippen LogP contribution in [0.2, 0.25) is 0 Å². The van der Waals surface area contributed by atoms with Crippen LogP contribution in [0.3, 0.4) is 0 Å². The average molecular weight is 573 g/mol. The third-order valence-electron chi connectivity index (χ3n) is 4.43. The fourth-order valence-corrected chi connectivity index (χ4v) is 4.88. The van der Waals surface area contributed by atoms with E-state index in [1.807, 2.05) is 0 Å². The van der Waals surface area contributed by atoms with Gasteiger partial charge in [-0.05, 0) is 40.2 Å². The van der Waals surface area contributed by atoms with Crippen LogP contribution in [0.25, 0.3) is 5.57 Å². The zero-order valence-corrected chi connectivity index (χ0v) is 17.8. The molecule has 0 amide bonds. The third kappa shape index (κ3) is 2.81. The van der Waals surface area contributed by atoms with Gasteiger partial charge in [-0.3, -0.25) is 0 Å². The second kappa shape index (κ2) is 6.15. The van der Waals surface area contributed by atoms with E-state index in [1.165, 1.54) is 36.4 Å². The van der Waals surface area contributed by atoms with E-state index in [0.29, 0.717) is 0 Å². The molecule has 3 heterocycles. The number of rotatable bonds is 1. The van der Waals surface area contributed by atoms with Crippen LogP contribution in [-0.2, 0) is 6.18 Å². The topological polar surface area (TPSA) is 7.94 Å². The fourth-order valence-electron chi connectivity index (χ4n) is 3.38. The van der Waals surface area contributed by atoms with E-state index in [1.54, 1.807) is 0 Å². The first-order valence-corrected chi connectivity index (χ1v) is 9.92. The summed E-state index contributed by atoms with van der Waals surface area (Å²) in [6, 6.07) is 6.49. The molecule has 2 aliphatic heterocycles. The quantitative estimate of drug-likeness (QED) is 0.276. The maximum atomic E-state index is 15.2. The SMILES string of the molecule is F[B-]1(F)n2c(Br)ccc2C(c2ccc(Br)cc2C(F)(F)F)=C2C=CC(Br)=[N+]21. The minimum absolute atomic E-state index is 0.0118. The molecule has 27 heavy (non-hydrogen) atoms. The largest absolute Gasteiger partial charge is 0.738 e. The van der Waals surface area contributed by atoms with Crippen LogP contribution in [0.5, 0.6) is 0 Å². The Balaban J connectivity index is 2.13. The summed E-state index contributed by atoms with van der Waals surface area (Å²) in [6.07, 6.45) is -1.86. The van der Waals surface area contributed by atoms with Crippen LogP contribution in [0, 0.1) is 0 Å². The first kappa shape index (κ1) is 19.1. The summed E-state index contributed by atoms with van der Waals surface area (Å²) in [6.45, 7) is -4.29. The van der Waals surface area contributed by atoms with Crippen LogP contribution < -0.4 is 0 Å². The highest BCUT2D eigenvalue weighted by Gasteiger charge is 2.54. The standard InChI is InChI=1S/C16H7BBr3F5N2/c18-8-1-2-9(10(7-8)16(21,22)23)15-11-3-5-13(19)26(11)17(24,25)27-12(15)4-6-14(27)20/h1-7H. The minimum atomic E-state index is -4.65. The summed E-state index contributed by atoms with van der Waals surface area (Å²) in [4.78, 5) is 0. The van der Waals surface area contributed by atoms with Gasteiger partial charge in [-0.2, -0.15) is 13.2 Å². The normalized spacial score (nSPS) is 18.2. The summed E-state index contributed by atoms with van der Waals surface area (Å²) >= 11 is 9.23. The molecule has 0 N–H and O–H groups in total. The Bertz CT molecular complexity index is 1080. The van der Waals surface area contributed by atoms with Gasteiger partial charge in [0.15, 0.2) is 5.70 Å². The summed E-state index contributed by atoms with van der Waals surface area (Å²) in [5, 5.41) is 0. The van der Waals surface area contributed by atoms with Gasteiger partial charge in [-0.1, -0.05) is 22.0 Å². The highest BCUT2D eigenvalue weighted by Crippen LogP contribution is 2.45. The molecule has 0 unspecified atom stereocenters. The Morgan fingerprint density at radius 2 is 1.67 bits per heavy atom. The molecule has 1 aromatic heterocycles. The predicted molar refractivity (Wildman–Crippen MR) is 104 cm³/mol. The fraction of sp³-hybridized carbons (Fsp3) is 0.0625. The first-order chi connectivity index (χ1) is 12.5. The van der Waals surface area contributed by atoms with E-state index in [4.69, 9.17) is 0 Å². The maximum absolute atomic E-state index is 15.2. The number of benzene rings is 1. The lowest BCUT2D eigenvalue weighted by molar-refractivity contribution is -0.358. The predicted octanol–water partition coefficient (Wildman–Crippen LogP) is 6.40.